The van der Waals surface area contributed by atoms with Gasteiger partial charge >= 0.3 is 0 Å². The molecule has 0 fully saturated rings. The Hall–Kier alpha value is -2.18. The van der Waals surface area contributed by atoms with Gasteiger partial charge in [-0.25, -0.2) is 4.98 Å². The number of methoxy groups -OCH3 is 2. The third-order valence-electron chi connectivity index (χ3n) is 3.99. The summed E-state index contributed by atoms with van der Waals surface area (Å²) in [6.45, 7) is 3.00. The minimum atomic E-state index is -0.00651. The average molecular weight is 344 g/mol. The summed E-state index contributed by atoms with van der Waals surface area (Å²) in [4.78, 5) is 18.5. The lowest BCUT2D eigenvalue weighted by molar-refractivity contribution is 0.185. The summed E-state index contributed by atoms with van der Waals surface area (Å²) in [5.74, 6) is 1.56. The molecule has 3 rings (SSSR count). The zero-order valence-corrected chi connectivity index (χ0v) is 14.9. The number of ether oxygens (including phenoxy) is 2. The minimum Gasteiger partial charge on any atom is -0.497 e. The summed E-state index contributed by atoms with van der Waals surface area (Å²) >= 11 is 1.50. The molecule has 0 saturated heterocycles. The molecule has 0 spiro atoms. The van der Waals surface area contributed by atoms with E-state index in [2.05, 4.69) is 0 Å². The van der Waals surface area contributed by atoms with Crippen LogP contribution >= 0.6 is 11.3 Å². The number of rotatable bonds is 6. The Morgan fingerprint density at radius 1 is 1.29 bits per heavy atom. The van der Waals surface area contributed by atoms with Crippen molar-refractivity contribution in [1.29, 1.82) is 0 Å². The number of hydrogen-bond donors (Lipinski definition) is 0. The van der Waals surface area contributed by atoms with Crippen LogP contribution in [0.4, 0.5) is 0 Å². The molecule has 24 heavy (non-hydrogen) atoms. The first-order valence-electron chi connectivity index (χ1n) is 7.83. The Kier molecular flexibility index (Phi) is 4.97. The molecule has 3 aromatic rings. The van der Waals surface area contributed by atoms with Gasteiger partial charge in [0.05, 0.1) is 25.6 Å². The lowest BCUT2D eigenvalue weighted by Gasteiger charge is -2.11. The normalized spacial score (nSPS) is 11.1. The van der Waals surface area contributed by atoms with Crippen molar-refractivity contribution in [2.24, 2.45) is 0 Å². The van der Waals surface area contributed by atoms with Crippen LogP contribution in [0.1, 0.15) is 12.7 Å². The van der Waals surface area contributed by atoms with Gasteiger partial charge in [0.15, 0.2) is 0 Å². The summed E-state index contributed by atoms with van der Waals surface area (Å²) < 4.78 is 12.2. The second-order valence-electron chi connectivity index (χ2n) is 5.39. The Balaban J connectivity index is 2.22. The highest BCUT2D eigenvalue weighted by atomic mass is 32.1. The van der Waals surface area contributed by atoms with E-state index in [1.807, 2.05) is 36.6 Å². The Morgan fingerprint density at radius 2 is 2.12 bits per heavy atom. The quantitative estimate of drug-likeness (QED) is 0.688. The zero-order chi connectivity index (χ0) is 17.1. The molecule has 0 radical (unpaired) electrons. The topological polar surface area (TPSA) is 53.3 Å². The molecule has 0 amide bonds. The molecule has 5 nitrogen and oxygen atoms in total. The zero-order valence-electron chi connectivity index (χ0n) is 14.0. The van der Waals surface area contributed by atoms with Crippen molar-refractivity contribution in [3.63, 3.8) is 0 Å². The van der Waals surface area contributed by atoms with E-state index in [0.717, 1.165) is 27.5 Å². The van der Waals surface area contributed by atoms with Crippen LogP contribution in [0, 0.1) is 0 Å². The molecule has 0 saturated carbocycles. The van der Waals surface area contributed by atoms with E-state index in [9.17, 15) is 4.79 Å². The number of hydrogen-bond acceptors (Lipinski definition) is 5. The Bertz CT molecular complexity index is 914. The van der Waals surface area contributed by atoms with E-state index in [4.69, 9.17) is 14.5 Å². The number of fused-ring (bicyclic) bond motifs is 1. The third kappa shape index (κ3) is 2.95. The van der Waals surface area contributed by atoms with Crippen molar-refractivity contribution >= 4 is 21.6 Å². The number of aromatic nitrogens is 2. The van der Waals surface area contributed by atoms with Crippen molar-refractivity contribution in [2.45, 2.75) is 19.9 Å². The SMILES string of the molecule is CCc1nc2scc(-c3cccc(OC)c3)c2c(=O)n1CCOC. The molecule has 0 aliphatic carbocycles. The highest BCUT2D eigenvalue weighted by molar-refractivity contribution is 7.17. The summed E-state index contributed by atoms with van der Waals surface area (Å²) in [6.07, 6.45) is 0.710. The summed E-state index contributed by atoms with van der Waals surface area (Å²) in [7, 11) is 3.27. The molecule has 2 heterocycles. The van der Waals surface area contributed by atoms with Crippen LogP contribution in [0.3, 0.4) is 0 Å². The van der Waals surface area contributed by atoms with E-state index in [0.29, 0.717) is 25.0 Å². The van der Waals surface area contributed by atoms with Crippen LogP contribution in [0.2, 0.25) is 0 Å². The predicted molar refractivity (Wildman–Crippen MR) is 97.1 cm³/mol. The summed E-state index contributed by atoms with van der Waals surface area (Å²) in [6, 6.07) is 7.74. The first kappa shape index (κ1) is 16.7. The van der Waals surface area contributed by atoms with Crippen LogP contribution in [-0.2, 0) is 17.7 Å². The van der Waals surface area contributed by atoms with Gasteiger partial charge in [-0.15, -0.1) is 11.3 Å². The first-order valence-corrected chi connectivity index (χ1v) is 8.71. The van der Waals surface area contributed by atoms with Gasteiger partial charge < -0.3 is 9.47 Å². The molecule has 0 aliphatic rings. The van der Waals surface area contributed by atoms with Crippen molar-refractivity contribution in [1.82, 2.24) is 9.55 Å². The maximum absolute atomic E-state index is 13.1. The molecule has 0 unspecified atom stereocenters. The smallest absolute Gasteiger partial charge is 0.262 e. The summed E-state index contributed by atoms with van der Waals surface area (Å²) in [5, 5.41) is 2.66. The highest BCUT2D eigenvalue weighted by Gasteiger charge is 2.16. The monoisotopic (exact) mass is 344 g/mol. The standard InChI is InChI=1S/C18H20N2O3S/c1-4-15-19-17-16(18(21)20(15)8-9-22-2)14(11-24-17)12-6-5-7-13(10-12)23-3/h5-7,10-11H,4,8-9H2,1-3H3. The van der Waals surface area contributed by atoms with Gasteiger partial charge in [-0.2, -0.15) is 0 Å². The second kappa shape index (κ2) is 7.15. The van der Waals surface area contributed by atoms with Crippen LogP contribution < -0.4 is 10.3 Å². The molecule has 2 aromatic heterocycles. The number of thiophene rings is 1. The molecule has 6 heteroatoms. The van der Waals surface area contributed by atoms with Crippen molar-refractivity contribution < 1.29 is 9.47 Å². The summed E-state index contributed by atoms with van der Waals surface area (Å²) in [5.41, 5.74) is 1.86. The number of aryl methyl sites for hydroxylation is 1. The Morgan fingerprint density at radius 3 is 2.83 bits per heavy atom. The lowest BCUT2D eigenvalue weighted by atomic mass is 10.1. The largest absolute Gasteiger partial charge is 0.497 e. The van der Waals surface area contributed by atoms with Crippen LogP contribution in [0.15, 0.2) is 34.4 Å². The van der Waals surface area contributed by atoms with Crippen molar-refractivity contribution in [2.75, 3.05) is 20.8 Å². The van der Waals surface area contributed by atoms with E-state index in [1.165, 1.54) is 11.3 Å². The third-order valence-corrected chi connectivity index (χ3v) is 4.86. The fourth-order valence-electron chi connectivity index (χ4n) is 2.75. The molecular formula is C18H20N2O3S. The fourth-order valence-corrected chi connectivity index (χ4v) is 3.71. The average Bonchev–Trinajstić information content (AvgIpc) is 3.05. The number of nitrogens with zero attached hydrogens (tertiary/aromatic N) is 2. The van der Waals surface area contributed by atoms with Crippen molar-refractivity contribution in [3.05, 3.63) is 45.8 Å². The highest BCUT2D eigenvalue weighted by Crippen LogP contribution is 2.32. The van der Waals surface area contributed by atoms with Crippen LogP contribution in [0.25, 0.3) is 21.3 Å². The lowest BCUT2D eigenvalue weighted by Crippen LogP contribution is -2.26. The maximum atomic E-state index is 13.1. The second-order valence-corrected chi connectivity index (χ2v) is 6.25. The fraction of sp³-hybridized carbons (Fsp3) is 0.333. The molecule has 0 bridgehead atoms. The van der Waals surface area contributed by atoms with Gasteiger partial charge in [0.2, 0.25) is 0 Å². The van der Waals surface area contributed by atoms with E-state index in [-0.39, 0.29) is 5.56 Å². The van der Waals surface area contributed by atoms with Gasteiger partial charge in [0.25, 0.3) is 5.56 Å². The van der Waals surface area contributed by atoms with E-state index in [1.54, 1.807) is 18.8 Å². The van der Waals surface area contributed by atoms with Gasteiger partial charge in [-0.3, -0.25) is 9.36 Å². The molecular weight excluding hydrogens is 324 g/mol. The first-order chi connectivity index (χ1) is 11.7. The van der Waals surface area contributed by atoms with E-state index >= 15 is 0 Å². The van der Waals surface area contributed by atoms with Crippen molar-refractivity contribution in [3.8, 4) is 16.9 Å². The van der Waals surface area contributed by atoms with Crippen LogP contribution in [-0.4, -0.2) is 30.4 Å². The van der Waals surface area contributed by atoms with E-state index < -0.39 is 0 Å². The maximum Gasteiger partial charge on any atom is 0.262 e. The molecule has 1 aromatic carbocycles. The van der Waals surface area contributed by atoms with Gasteiger partial charge in [-0.05, 0) is 17.7 Å². The molecule has 0 aliphatic heterocycles. The Labute approximate surface area is 144 Å². The number of benzene rings is 1. The predicted octanol–water partition coefficient (Wildman–Crippen LogP) is 3.34. The van der Waals surface area contributed by atoms with Gasteiger partial charge in [0.1, 0.15) is 16.4 Å². The van der Waals surface area contributed by atoms with Gasteiger partial charge in [-0.1, -0.05) is 19.1 Å². The van der Waals surface area contributed by atoms with Crippen LogP contribution in [0.5, 0.6) is 5.75 Å². The molecule has 0 N–H and O–H groups in total. The van der Waals surface area contributed by atoms with Gasteiger partial charge in [0, 0.05) is 24.5 Å². The minimum absolute atomic E-state index is 0.00651. The molecule has 0 atom stereocenters. The molecule has 126 valence electrons.